The van der Waals surface area contributed by atoms with E-state index in [0.29, 0.717) is 5.41 Å². The lowest BCUT2D eigenvalue weighted by Crippen LogP contribution is -2.54. The quantitative estimate of drug-likeness (QED) is 0.824. The molecule has 2 heteroatoms. The second-order valence-corrected chi connectivity index (χ2v) is 5.10. The van der Waals surface area contributed by atoms with E-state index in [2.05, 4.69) is 12.2 Å². The molecule has 1 heterocycles. The van der Waals surface area contributed by atoms with Crippen LogP contribution in [0.2, 0.25) is 0 Å². The maximum Gasteiger partial charge on any atom is 0.123 e. The number of benzene rings is 1. The Morgan fingerprint density at radius 3 is 2.62 bits per heavy atom. The van der Waals surface area contributed by atoms with Crippen LogP contribution in [0.15, 0.2) is 18.2 Å². The van der Waals surface area contributed by atoms with Crippen molar-refractivity contribution >= 4 is 0 Å². The van der Waals surface area contributed by atoms with Crippen molar-refractivity contribution in [2.24, 2.45) is 5.41 Å². The van der Waals surface area contributed by atoms with Gasteiger partial charge in [0.2, 0.25) is 0 Å². The molecule has 1 aliphatic heterocycles. The number of nitrogens with one attached hydrogen (secondary N) is 1. The third kappa shape index (κ3) is 2.27. The molecule has 88 valence electrons. The summed E-state index contributed by atoms with van der Waals surface area (Å²) < 4.78 is 13.0. The third-order valence-electron chi connectivity index (χ3n) is 3.65. The molecule has 0 atom stereocenters. The Morgan fingerprint density at radius 2 is 2.12 bits per heavy atom. The van der Waals surface area contributed by atoms with Crippen LogP contribution in [-0.2, 0) is 6.42 Å². The summed E-state index contributed by atoms with van der Waals surface area (Å²) in [6.45, 7) is 6.46. The third-order valence-corrected chi connectivity index (χ3v) is 3.65. The standard InChI is InChI=1S/C14H20FN/c1-3-6-14(9-16-10-14)8-12-4-5-13(15)7-11(12)2/h4-5,7,16H,3,6,8-10H2,1-2H3. The van der Waals surface area contributed by atoms with Gasteiger partial charge >= 0.3 is 0 Å². The summed E-state index contributed by atoms with van der Waals surface area (Å²) in [5, 5.41) is 3.36. The van der Waals surface area contributed by atoms with Gasteiger partial charge in [-0.3, -0.25) is 0 Å². The molecule has 0 spiro atoms. The molecule has 1 saturated heterocycles. The monoisotopic (exact) mass is 221 g/mol. The Hall–Kier alpha value is -0.890. The molecule has 1 N–H and O–H groups in total. The molecule has 0 aromatic heterocycles. The van der Waals surface area contributed by atoms with Gasteiger partial charge in [-0.1, -0.05) is 19.4 Å². The van der Waals surface area contributed by atoms with Crippen molar-refractivity contribution in [2.45, 2.75) is 33.1 Å². The first-order valence-corrected chi connectivity index (χ1v) is 6.11. The molecule has 16 heavy (non-hydrogen) atoms. The zero-order valence-corrected chi connectivity index (χ0v) is 10.1. The molecule has 2 rings (SSSR count). The Bertz CT molecular complexity index is 369. The number of hydrogen-bond donors (Lipinski definition) is 1. The average Bonchev–Trinajstić information content (AvgIpc) is 2.18. The van der Waals surface area contributed by atoms with Crippen LogP contribution in [0.1, 0.15) is 30.9 Å². The topological polar surface area (TPSA) is 12.0 Å². The lowest BCUT2D eigenvalue weighted by molar-refractivity contribution is 0.150. The Labute approximate surface area is 97.1 Å². The van der Waals surface area contributed by atoms with E-state index in [1.54, 1.807) is 12.1 Å². The van der Waals surface area contributed by atoms with Crippen LogP contribution in [0.3, 0.4) is 0 Å². The highest BCUT2D eigenvalue weighted by atomic mass is 19.1. The molecule has 1 aliphatic rings. The van der Waals surface area contributed by atoms with Crippen LogP contribution in [0.4, 0.5) is 4.39 Å². The first kappa shape index (κ1) is 11.6. The van der Waals surface area contributed by atoms with E-state index >= 15 is 0 Å². The Balaban J connectivity index is 2.13. The minimum Gasteiger partial charge on any atom is -0.316 e. The van der Waals surface area contributed by atoms with Gasteiger partial charge in [0, 0.05) is 13.1 Å². The summed E-state index contributed by atoms with van der Waals surface area (Å²) in [6, 6.07) is 5.16. The van der Waals surface area contributed by atoms with E-state index in [1.807, 2.05) is 13.0 Å². The second kappa shape index (κ2) is 4.54. The Kier molecular flexibility index (Phi) is 3.29. The van der Waals surface area contributed by atoms with Gasteiger partial charge in [-0.05, 0) is 48.4 Å². The molecule has 0 saturated carbocycles. The van der Waals surface area contributed by atoms with Gasteiger partial charge in [0.15, 0.2) is 0 Å². The van der Waals surface area contributed by atoms with E-state index in [9.17, 15) is 4.39 Å². The summed E-state index contributed by atoms with van der Waals surface area (Å²) in [6.07, 6.45) is 3.57. The van der Waals surface area contributed by atoms with E-state index in [-0.39, 0.29) is 5.82 Å². The SMILES string of the molecule is CCCC1(Cc2ccc(F)cc2C)CNC1. The lowest BCUT2D eigenvalue weighted by atomic mass is 9.72. The summed E-state index contributed by atoms with van der Waals surface area (Å²) in [4.78, 5) is 0. The highest BCUT2D eigenvalue weighted by Gasteiger charge is 2.36. The largest absolute Gasteiger partial charge is 0.316 e. The lowest BCUT2D eigenvalue weighted by Gasteiger charge is -2.43. The number of aryl methyl sites for hydroxylation is 1. The van der Waals surface area contributed by atoms with E-state index in [4.69, 9.17) is 0 Å². The summed E-state index contributed by atoms with van der Waals surface area (Å²) in [7, 11) is 0. The predicted molar refractivity (Wildman–Crippen MR) is 65.1 cm³/mol. The molecule has 1 nitrogen and oxygen atoms in total. The number of rotatable bonds is 4. The van der Waals surface area contributed by atoms with Crippen molar-refractivity contribution in [3.05, 3.63) is 35.1 Å². The van der Waals surface area contributed by atoms with Crippen LogP contribution in [0, 0.1) is 18.2 Å². The van der Waals surface area contributed by atoms with Crippen LogP contribution in [0.5, 0.6) is 0 Å². The highest BCUT2D eigenvalue weighted by Crippen LogP contribution is 2.33. The van der Waals surface area contributed by atoms with Crippen molar-refractivity contribution in [1.82, 2.24) is 5.32 Å². The fraction of sp³-hybridized carbons (Fsp3) is 0.571. The fourth-order valence-corrected chi connectivity index (χ4v) is 2.66. The van der Waals surface area contributed by atoms with Gasteiger partial charge in [-0.15, -0.1) is 0 Å². The molecular formula is C14H20FN. The van der Waals surface area contributed by atoms with E-state index in [1.165, 1.54) is 18.4 Å². The molecule has 0 amide bonds. The van der Waals surface area contributed by atoms with Crippen molar-refractivity contribution in [3.8, 4) is 0 Å². The first-order chi connectivity index (χ1) is 7.65. The highest BCUT2D eigenvalue weighted by molar-refractivity contribution is 5.28. The molecule has 0 radical (unpaired) electrons. The minimum atomic E-state index is -0.127. The van der Waals surface area contributed by atoms with Gasteiger partial charge in [-0.25, -0.2) is 4.39 Å². The summed E-state index contributed by atoms with van der Waals surface area (Å²) in [5.74, 6) is -0.127. The second-order valence-electron chi connectivity index (χ2n) is 5.10. The molecule has 1 aromatic carbocycles. The van der Waals surface area contributed by atoms with Crippen LogP contribution in [-0.4, -0.2) is 13.1 Å². The molecule has 0 unspecified atom stereocenters. The van der Waals surface area contributed by atoms with E-state index in [0.717, 1.165) is 25.1 Å². The van der Waals surface area contributed by atoms with Crippen molar-refractivity contribution in [1.29, 1.82) is 0 Å². The van der Waals surface area contributed by atoms with Gasteiger partial charge in [0.25, 0.3) is 0 Å². The molecular weight excluding hydrogens is 201 g/mol. The zero-order chi connectivity index (χ0) is 11.6. The average molecular weight is 221 g/mol. The zero-order valence-electron chi connectivity index (χ0n) is 10.1. The van der Waals surface area contributed by atoms with Gasteiger partial charge in [0.05, 0.1) is 0 Å². The number of halogens is 1. The van der Waals surface area contributed by atoms with Gasteiger partial charge in [0.1, 0.15) is 5.82 Å². The molecule has 1 aromatic rings. The maximum absolute atomic E-state index is 13.0. The minimum absolute atomic E-state index is 0.127. The molecule has 0 bridgehead atoms. The predicted octanol–water partition coefficient (Wildman–Crippen LogP) is 3.07. The van der Waals surface area contributed by atoms with Crippen LogP contribution >= 0.6 is 0 Å². The molecule has 1 fully saturated rings. The Morgan fingerprint density at radius 1 is 1.38 bits per heavy atom. The van der Waals surface area contributed by atoms with Gasteiger partial charge < -0.3 is 5.32 Å². The normalized spacial score (nSPS) is 18.2. The first-order valence-electron chi connectivity index (χ1n) is 6.11. The number of hydrogen-bond acceptors (Lipinski definition) is 1. The molecule has 0 aliphatic carbocycles. The fourth-order valence-electron chi connectivity index (χ4n) is 2.66. The summed E-state index contributed by atoms with van der Waals surface area (Å²) >= 11 is 0. The van der Waals surface area contributed by atoms with Crippen LogP contribution < -0.4 is 5.32 Å². The van der Waals surface area contributed by atoms with Crippen molar-refractivity contribution in [3.63, 3.8) is 0 Å². The summed E-state index contributed by atoms with van der Waals surface area (Å²) in [5.41, 5.74) is 2.82. The van der Waals surface area contributed by atoms with Crippen molar-refractivity contribution in [2.75, 3.05) is 13.1 Å². The maximum atomic E-state index is 13.0. The van der Waals surface area contributed by atoms with E-state index < -0.39 is 0 Å². The van der Waals surface area contributed by atoms with Gasteiger partial charge in [-0.2, -0.15) is 0 Å². The smallest absolute Gasteiger partial charge is 0.123 e. The van der Waals surface area contributed by atoms with Crippen LogP contribution in [0.25, 0.3) is 0 Å². The van der Waals surface area contributed by atoms with Crippen molar-refractivity contribution < 1.29 is 4.39 Å².